The highest BCUT2D eigenvalue weighted by Gasteiger charge is 2.21. The third-order valence-corrected chi connectivity index (χ3v) is 5.63. The summed E-state index contributed by atoms with van der Waals surface area (Å²) in [6, 6.07) is 16.0. The normalized spacial score (nSPS) is 11.4. The second kappa shape index (κ2) is 13.6. The van der Waals surface area contributed by atoms with Gasteiger partial charge in [0.05, 0.1) is 0 Å². The van der Waals surface area contributed by atoms with Gasteiger partial charge in [-0.2, -0.15) is 0 Å². The number of benzene rings is 2. The van der Waals surface area contributed by atoms with Crippen LogP contribution in [0.25, 0.3) is 0 Å². The lowest BCUT2D eigenvalue weighted by Crippen LogP contribution is -2.42. The molecule has 0 bridgehead atoms. The molecule has 0 aliphatic carbocycles. The first-order valence-corrected chi connectivity index (χ1v) is 11.2. The maximum atomic E-state index is 12.1. The van der Waals surface area contributed by atoms with Crippen molar-refractivity contribution in [2.45, 2.75) is 44.8 Å². The van der Waals surface area contributed by atoms with Crippen LogP contribution in [0, 0.1) is 3.57 Å². The van der Waals surface area contributed by atoms with E-state index in [1.807, 2.05) is 54.6 Å². The fourth-order valence-corrected chi connectivity index (χ4v) is 3.51. The van der Waals surface area contributed by atoms with E-state index in [2.05, 4.69) is 33.2 Å². The first-order valence-electron chi connectivity index (χ1n) is 10.2. The lowest BCUT2D eigenvalue weighted by molar-refractivity contribution is -0.141. The lowest BCUT2D eigenvalue weighted by Gasteiger charge is -2.15. The fraction of sp³-hybridized carbons (Fsp3) is 0.348. The summed E-state index contributed by atoms with van der Waals surface area (Å²) >= 11 is 2.15. The molecule has 0 aliphatic heterocycles. The summed E-state index contributed by atoms with van der Waals surface area (Å²) in [6.45, 7) is 0.680. The predicted molar refractivity (Wildman–Crippen MR) is 126 cm³/mol. The quantitative estimate of drug-likeness (QED) is 0.281. The third kappa shape index (κ3) is 9.82. The van der Waals surface area contributed by atoms with Crippen molar-refractivity contribution in [3.05, 3.63) is 69.3 Å². The Kier molecular flexibility index (Phi) is 10.8. The molecule has 0 saturated heterocycles. The van der Waals surface area contributed by atoms with Gasteiger partial charge in [0.15, 0.2) is 0 Å². The van der Waals surface area contributed by atoms with Gasteiger partial charge in [0.1, 0.15) is 12.6 Å². The van der Waals surface area contributed by atoms with Gasteiger partial charge in [0.2, 0.25) is 5.91 Å². The number of alkyl carbamates (subject to hydrolysis) is 1. The Labute approximate surface area is 195 Å². The molecular weight excluding hydrogens is 511 g/mol. The van der Waals surface area contributed by atoms with Crippen molar-refractivity contribution >= 4 is 40.6 Å². The molecule has 8 heteroatoms. The van der Waals surface area contributed by atoms with Gasteiger partial charge in [0, 0.05) is 23.0 Å². The van der Waals surface area contributed by atoms with Crippen LogP contribution in [-0.2, 0) is 27.4 Å². The lowest BCUT2D eigenvalue weighted by atomic mass is 10.1. The number of amides is 2. The van der Waals surface area contributed by atoms with E-state index < -0.39 is 18.1 Å². The van der Waals surface area contributed by atoms with Crippen LogP contribution in [0.5, 0.6) is 0 Å². The van der Waals surface area contributed by atoms with E-state index >= 15 is 0 Å². The molecule has 2 aromatic rings. The second-order valence-electron chi connectivity index (χ2n) is 7.05. The van der Waals surface area contributed by atoms with Crippen molar-refractivity contribution in [1.29, 1.82) is 0 Å². The van der Waals surface area contributed by atoms with E-state index in [1.54, 1.807) is 0 Å². The molecule has 0 aliphatic rings. The van der Waals surface area contributed by atoms with Crippen molar-refractivity contribution in [2.24, 2.45) is 0 Å². The molecule has 0 spiro atoms. The van der Waals surface area contributed by atoms with Crippen LogP contribution < -0.4 is 10.6 Å². The molecule has 2 aromatic carbocycles. The second-order valence-corrected chi connectivity index (χ2v) is 8.22. The SMILES string of the molecule is O=C(CCCCCNC(=O)OCc1ccccc1)N[C@@H](Cc1ccccc1I)C(=O)O. The molecule has 31 heavy (non-hydrogen) atoms. The predicted octanol–water partition coefficient (Wildman–Crippen LogP) is 3.89. The molecule has 166 valence electrons. The smallest absolute Gasteiger partial charge is 0.407 e. The number of carbonyl (C=O) groups is 3. The average molecular weight is 538 g/mol. The van der Waals surface area contributed by atoms with Crippen molar-refractivity contribution in [2.75, 3.05) is 6.54 Å². The van der Waals surface area contributed by atoms with Gasteiger partial charge >= 0.3 is 12.1 Å². The minimum absolute atomic E-state index is 0.222. The van der Waals surface area contributed by atoms with E-state index in [4.69, 9.17) is 4.74 Å². The van der Waals surface area contributed by atoms with Gasteiger partial charge in [-0.1, -0.05) is 55.0 Å². The van der Waals surface area contributed by atoms with Gasteiger partial charge in [-0.15, -0.1) is 0 Å². The van der Waals surface area contributed by atoms with Gasteiger partial charge in [0.25, 0.3) is 0 Å². The molecular formula is C23H27IN2O5. The van der Waals surface area contributed by atoms with Crippen LogP contribution in [0.1, 0.15) is 36.8 Å². The molecule has 0 unspecified atom stereocenters. The van der Waals surface area contributed by atoms with Crippen LogP contribution in [0.15, 0.2) is 54.6 Å². The number of hydrogen-bond donors (Lipinski definition) is 3. The standard InChI is InChI=1S/C23H27IN2O5/c24-19-12-7-6-11-18(19)15-20(22(28)29)26-21(27)13-5-2-8-14-25-23(30)31-16-17-9-3-1-4-10-17/h1,3-4,6-7,9-12,20H,2,5,8,13-16H2,(H,25,30)(H,26,27)(H,28,29)/t20-/m0/s1. The number of ether oxygens (including phenoxy) is 1. The highest BCUT2D eigenvalue weighted by Crippen LogP contribution is 2.14. The maximum Gasteiger partial charge on any atom is 0.407 e. The van der Waals surface area contributed by atoms with Gasteiger partial charge < -0.3 is 20.5 Å². The van der Waals surface area contributed by atoms with Crippen molar-refractivity contribution in [3.8, 4) is 0 Å². The minimum Gasteiger partial charge on any atom is -0.480 e. The summed E-state index contributed by atoms with van der Waals surface area (Å²) in [4.78, 5) is 35.3. The van der Waals surface area contributed by atoms with E-state index in [0.717, 1.165) is 21.1 Å². The van der Waals surface area contributed by atoms with Crippen LogP contribution in [-0.4, -0.2) is 35.7 Å². The van der Waals surface area contributed by atoms with Gasteiger partial charge in [-0.05, 0) is 52.6 Å². The Morgan fingerprint density at radius 1 is 0.968 bits per heavy atom. The highest BCUT2D eigenvalue weighted by molar-refractivity contribution is 14.1. The first-order chi connectivity index (χ1) is 15.0. The van der Waals surface area contributed by atoms with Crippen LogP contribution in [0.4, 0.5) is 4.79 Å². The van der Waals surface area contributed by atoms with E-state index in [9.17, 15) is 19.5 Å². The largest absolute Gasteiger partial charge is 0.480 e. The minimum atomic E-state index is -1.05. The average Bonchev–Trinajstić information content (AvgIpc) is 2.76. The molecule has 2 amide bonds. The van der Waals surface area contributed by atoms with Crippen molar-refractivity contribution in [1.82, 2.24) is 10.6 Å². The topological polar surface area (TPSA) is 105 Å². The number of carboxylic acids is 1. The summed E-state index contributed by atoms with van der Waals surface area (Å²) in [6.07, 6.45) is 2.07. The zero-order chi connectivity index (χ0) is 22.5. The Hall–Kier alpha value is -2.62. The van der Waals surface area contributed by atoms with Crippen LogP contribution >= 0.6 is 22.6 Å². The van der Waals surface area contributed by atoms with Gasteiger partial charge in [-0.3, -0.25) is 4.79 Å². The Morgan fingerprint density at radius 3 is 2.39 bits per heavy atom. The number of unbranched alkanes of at least 4 members (excludes halogenated alkanes) is 2. The van der Waals surface area contributed by atoms with Crippen LogP contribution in [0.2, 0.25) is 0 Å². The summed E-state index contributed by atoms with van der Waals surface area (Å²) < 4.78 is 6.09. The summed E-state index contributed by atoms with van der Waals surface area (Å²) in [5, 5.41) is 14.7. The number of carbonyl (C=O) groups excluding carboxylic acids is 2. The number of rotatable bonds is 12. The molecule has 2 rings (SSSR count). The van der Waals surface area contributed by atoms with Crippen molar-refractivity contribution in [3.63, 3.8) is 0 Å². The monoisotopic (exact) mass is 538 g/mol. The Balaban J connectivity index is 1.58. The molecule has 0 fully saturated rings. The zero-order valence-electron chi connectivity index (χ0n) is 17.2. The highest BCUT2D eigenvalue weighted by atomic mass is 127. The summed E-state index contributed by atoms with van der Waals surface area (Å²) in [7, 11) is 0. The van der Waals surface area contributed by atoms with E-state index in [0.29, 0.717) is 19.4 Å². The zero-order valence-corrected chi connectivity index (χ0v) is 19.3. The van der Waals surface area contributed by atoms with E-state index in [-0.39, 0.29) is 25.4 Å². The molecule has 0 saturated carbocycles. The first kappa shape index (κ1) is 24.6. The van der Waals surface area contributed by atoms with Crippen LogP contribution in [0.3, 0.4) is 0 Å². The molecule has 0 heterocycles. The number of hydrogen-bond acceptors (Lipinski definition) is 4. The number of carboxylic acid groups (broad SMARTS) is 1. The Morgan fingerprint density at radius 2 is 1.68 bits per heavy atom. The van der Waals surface area contributed by atoms with Crippen molar-refractivity contribution < 1.29 is 24.2 Å². The number of nitrogens with one attached hydrogen (secondary N) is 2. The Bertz CT molecular complexity index is 860. The molecule has 3 N–H and O–H groups in total. The van der Waals surface area contributed by atoms with Gasteiger partial charge in [-0.25, -0.2) is 9.59 Å². The number of halogens is 1. The summed E-state index contributed by atoms with van der Waals surface area (Å²) in [5.41, 5.74) is 1.81. The third-order valence-electron chi connectivity index (χ3n) is 4.58. The maximum absolute atomic E-state index is 12.1. The molecule has 0 aromatic heterocycles. The number of aliphatic carboxylic acids is 1. The molecule has 1 atom stereocenters. The molecule has 0 radical (unpaired) electrons. The fourth-order valence-electron chi connectivity index (χ4n) is 2.90. The molecule has 7 nitrogen and oxygen atoms in total. The summed E-state index contributed by atoms with van der Waals surface area (Å²) in [5.74, 6) is -1.33. The van der Waals surface area contributed by atoms with E-state index in [1.165, 1.54) is 0 Å².